The first-order chi connectivity index (χ1) is 11.7. The molecule has 0 spiro atoms. The summed E-state index contributed by atoms with van der Waals surface area (Å²) in [5.41, 5.74) is -1.91. The van der Waals surface area contributed by atoms with E-state index in [9.17, 15) is 26.7 Å². The molecule has 1 heterocycles. The molecule has 4 nitrogen and oxygen atoms in total. The molecule has 0 saturated carbocycles. The first-order valence-electron chi connectivity index (χ1n) is 7.68. The number of likely N-dealkylation sites (tertiary alicyclic amines) is 1. The van der Waals surface area contributed by atoms with E-state index in [1.54, 1.807) is 30.3 Å². The van der Waals surface area contributed by atoms with Crippen molar-refractivity contribution in [1.82, 2.24) is 4.90 Å². The van der Waals surface area contributed by atoms with Crippen molar-refractivity contribution in [3.05, 3.63) is 35.9 Å². The number of halogens is 5. The Morgan fingerprint density at radius 2 is 1.76 bits per heavy atom. The predicted molar refractivity (Wildman–Crippen MR) is 78.2 cm³/mol. The molecule has 1 fully saturated rings. The standard InChI is InChI=1S/C16H18F5NO3/c17-13(18)11-25-15(16(19,20)21)6-8-22(9-7-15)14(23)24-10-12-4-2-1-3-5-12/h1-5,13H,6-11H2. The Morgan fingerprint density at radius 1 is 1.16 bits per heavy atom. The minimum Gasteiger partial charge on any atom is -0.445 e. The summed E-state index contributed by atoms with van der Waals surface area (Å²) in [6.07, 6.45) is -9.74. The fraction of sp³-hybridized carbons (Fsp3) is 0.562. The normalized spacial score (nSPS) is 17.6. The van der Waals surface area contributed by atoms with Gasteiger partial charge in [0.25, 0.3) is 6.43 Å². The Balaban J connectivity index is 1.90. The molecule has 140 valence electrons. The first-order valence-corrected chi connectivity index (χ1v) is 7.68. The van der Waals surface area contributed by atoms with E-state index in [0.29, 0.717) is 0 Å². The smallest absolute Gasteiger partial charge is 0.417 e. The van der Waals surface area contributed by atoms with Crippen LogP contribution in [0.25, 0.3) is 0 Å². The number of hydrogen-bond donors (Lipinski definition) is 0. The highest BCUT2D eigenvalue weighted by molar-refractivity contribution is 5.67. The number of rotatable bonds is 5. The Labute approximate surface area is 141 Å². The summed E-state index contributed by atoms with van der Waals surface area (Å²) in [5.74, 6) is 0. The lowest BCUT2D eigenvalue weighted by Gasteiger charge is -2.42. The van der Waals surface area contributed by atoms with E-state index in [2.05, 4.69) is 4.74 Å². The number of ether oxygens (including phenoxy) is 2. The number of benzene rings is 1. The summed E-state index contributed by atoms with van der Waals surface area (Å²) in [5, 5.41) is 0. The van der Waals surface area contributed by atoms with Gasteiger partial charge in [-0.1, -0.05) is 30.3 Å². The number of nitrogens with zero attached hydrogens (tertiary/aromatic N) is 1. The number of carbonyl (C=O) groups excluding carboxylic acids is 1. The van der Waals surface area contributed by atoms with Gasteiger partial charge in [0.15, 0.2) is 5.60 Å². The van der Waals surface area contributed by atoms with Crippen molar-refractivity contribution in [1.29, 1.82) is 0 Å². The maximum atomic E-state index is 13.2. The highest BCUT2D eigenvalue weighted by Crippen LogP contribution is 2.42. The summed E-state index contributed by atoms with van der Waals surface area (Å²) in [4.78, 5) is 13.1. The third-order valence-electron chi connectivity index (χ3n) is 4.04. The third kappa shape index (κ3) is 5.04. The van der Waals surface area contributed by atoms with Gasteiger partial charge in [0.2, 0.25) is 0 Å². The molecule has 1 aliphatic rings. The van der Waals surface area contributed by atoms with Crippen LogP contribution < -0.4 is 0 Å². The molecule has 0 radical (unpaired) electrons. The van der Waals surface area contributed by atoms with Gasteiger partial charge in [-0.3, -0.25) is 0 Å². The van der Waals surface area contributed by atoms with E-state index in [1.807, 2.05) is 0 Å². The van der Waals surface area contributed by atoms with Crippen molar-refractivity contribution in [3.63, 3.8) is 0 Å². The molecule has 0 atom stereocenters. The Bertz CT molecular complexity index is 557. The zero-order valence-corrected chi connectivity index (χ0v) is 13.3. The molecule has 0 bridgehead atoms. The predicted octanol–water partition coefficient (Wildman–Crippen LogP) is 4.00. The SMILES string of the molecule is O=C(OCc1ccccc1)N1CCC(OCC(F)F)(C(F)(F)F)CC1. The molecule has 1 aliphatic heterocycles. The highest BCUT2D eigenvalue weighted by atomic mass is 19.4. The maximum Gasteiger partial charge on any atom is 0.417 e. The van der Waals surface area contributed by atoms with Crippen LogP contribution in [0.4, 0.5) is 26.7 Å². The number of amides is 1. The summed E-state index contributed by atoms with van der Waals surface area (Å²) in [6, 6.07) is 8.82. The van der Waals surface area contributed by atoms with Gasteiger partial charge >= 0.3 is 12.3 Å². The van der Waals surface area contributed by atoms with Crippen LogP contribution in [0, 0.1) is 0 Å². The van der Waals surface area contributed by atoms with Gasteiger partial charge in [-0.25, -0.2) is 13.6 Å². The second-order valence-corrected chi connectivity index (χ2v) is 5.72. The van der Waals surface area contributed by atoms with Crippen LogP contribution in [0.15, 0.2) is 30.3 Å². The molecule has 1 aromatic carbocycles. The molecule has 0 aromatic heterocycles. The zero-order chi connectivity index (χ0) is 18.5. The molecule has 0 unspecified atom stereocenters. The van der Waals surface area contributed by atoms with Crippen molar-refractivity contribution in [3.8, 4) is 0 Å². The van der Waals surface area contributed by atoms with Crippen LogP contribution in [-0.2, 0) is 16.1 Å². The lowest BCUT2D eigenvalue weighted by molar-refractivity contribution is -0.295. The topological polar surface area (TPSA) is 38.8 Å². The zero-order valence-electron chi connectivity index (χ0n) is 13.3. The fourth-order valence-electron chi connectivity index (χ4n) is 2.59. The van der Waals surface area contributed by atoms with Crippen molar-refractivity contribution >= 4 is 6.09 Å². The first kappa shape index (κ1) is 19.4. The Hall–Kier alpha value is -1.90. The van der Waals surface area contributed by atoms with Crippen molar-refractivity contribution in [2.24, 2.45) is 0 Å². The van der Waals surface area contributed by atoms with E-state index in [4.69, 9.17) is 4.74 Å². The van der Waals surface area contributed by atoms with Gasteiger partial charge in [-0.05, 0) is 5.56 Å². The quantitative estimate of drug-likeness (QED) is 0.739. The second-order valence-electron chi connectivity index (χ2n) is 5.72. The van der Waals surface area contributed by atoms with E-state index >= 15 is 0 Å². The van der Waals surface area contributed by atoms with Gasteiger partial charge in [-0.2, -0.15) is 13.2 Å². The summed E-state index contributed by atoms with van der Waals surface area (Å²) >= 11 is 0. The van der Waals surface area contributed by atoms with Crippen LogP contribution in [0.1, 0.15) is 18.4 Å². The number of hydrogen-bond acceptors (Lipinski definition) is 3. The van der Waals surface area contributed by atoms with Crippen LogP contribution in [0.2, 0.25) is 0 Å². The average molecular weight is 367 g/mol. The number of carbonyl (C=O) groups is 1. The maximum absolute atomic E-state index is 13.2. The van der Waals surface area contributed by atoms with Crippen LogP contribution in [-0.4, -0.2) is 48.9 Å². The van der Waals surface area contributed by atoms with Gasteiger partial charge < -0.3 is 14.4 Å². The Morgan fingerprint density at radius 3 is 2.28 bits per heavy atom. The third-order valence-corrected chi connectivity index (χ3v) is 4.04. The van der Waals surface area contributed by atoms with Crippen LogP contribution in [0.3, 0.4) is 0 Å². The summed E-state index contributed by atoms with van der Waals surface area (Å²) < 4.78 is 73.8. The van der Waals surface area contributed by atoms with Gasteiger partial charge in [-0.15, -0.1) is 0 Å². The Kier molecular flexibility index (Phi) is 6.21. The molecule has 1 aromatic rings. The molecule has 1 amide bonds. The van der Waals surface area contributed by atoms with Crippen molar-refractivity contribution in [2.45, 2.75) is 37.7 Å². The molecular weight excluding hydrogens is 349 g/mol. The molecule has 9 heteroatoms. The molecule has 0 aliphatic carbocycles. The number of alkyl halides is 5. The molecule has 0 N–H and O–H groups in total. The average Bonchev–Trinajstić information content (AvgIpc) is 2.58. The lowest BCUT2D eigenvalue weighted by Crippen LogP contribution is -2.56. The van der Waals surface area contributed by atoms with Gasteiger partial charge in [0.05, 0.1) is 0 Å². The monoisotopic (exact) mass is 367 g/mol. The molecular formula is C16H18F5NO3. The van der Waals surface area contributed by atoms with Crippen molar-refractivity contribution in [2.75, 3.05) is 19.7 Å². The van der Waals surface area contributed by atoms with E-state index in [1.165, 1.54) is 0 Å². The minimum absolute atomic E-state index is 0.00245. The van der Waals surface area contributed by atoms with E-state index in [-0.39, 0.29) is 19.7 Å². The van der Waals surface area contributed by atoms with Gasteiger partial charge in [0.1, 0.15) is 13.2 Å². The van der Waals surface area contributed by atoms with Crippen LogP contribution in [0.5, 0.6) is 0 Å². The number of piperidine rings is 1. The molecule has 2 rings (SSSR count). The van der Waals surface area contributed by atoms with E-state index < -0.39 is 43.7 Å². The minimum atomic E-state index is -4.79. The fourth-order valence-corrected chi connectivity index (χ4v) is 2.59. The van der Waals surface area contributed by atoms with Crippen LogP contribution >= 0.6 is 0 Å². The summed E-state index contributed by atoms with van der Waals surface area (Å²) in [7, 11) is 0. The second kappa shape index (κ2) is 7.99. The van der Waals surface area contributed by atoms with E-state index in [0.717, 1.165) is 10.5 Å². The van der Waals surface area contributed by atoms with Crippen molar-refractivity contribution < 1.29 is 36.2 Å². The highest BCUT2D eigenvalue weighted by Gasteiger charge is 2.57. The molecule has 1 saturated heterocycles. The summed E-state index contributed by atoms with van der Waals surface area (Å²) in [6.45, 7) is -1.85. The largest absolute Gasteiger partial charge is 0.445 e. The lowest BCUT2D eigenvalue weighted by atomic mass is 9.90. The van der Waals surface area contributed by atoms with Gasteiger partial charge in [0, 0.05) is 25.9 Å². The molecule has 25 heavy (non-hydrogen) atoms.